The molecule has 1 atom stereocenters. The lowest BCUT2D eigenvalue weighted by molar-refractivity contribution is 0.623. The van der Waals surface area contributed by atoms with Crippen molar-refractivity contribution >= 4 is 0 Å². The zero-order valence-corrected chi connectivity index (χ0v) is 9.09. The van der Waals surface area contributed by atoms with Gasteiger partial charge in [0.25, 0.3) is 0 Å². The van der Waals surface area contributed by atoms with E-state index in [9.17, 15) is 0 Å². The molecule has 1 heteroatoms. The molecule has 1 rings (SSSR count). The van der Waals surface area contributed by atoms with Crippen molar-refractivity contribution in [3.8, 4) is 11.8 Å². The molecule has 1 aromatic rings. The van der Waals surface area contributed by atoms with Gasteiger partial charge in [-0.15, -0.1) is 5.92 Å². The molecule has 0 aromatic heterocycles. The van der Waals surface area contributed by atoms with Crippen molar-refractivity contribution < 1.29 is 0 Å². The minimum atomic E-state index is 0.372. The van der Waals surface area contributed by atoms with Gasteiger partial charge in [-0.05, 0) is 26.3 Å². The van der Waals surface area contributed by atoms with Gasteiger partial charge in [0.05, 0.1) is 6.54 Å². The van der Waals surface area contributed by atoms with Gasteiger partial charge in [0.1, 0.15) is 0 Å². The highest BCUT2D eigenvalue weighted by molar-refractivity contribution is 5.23. The molecule has 0 radical (unpaired) electrons. The maximum atomic E-state index is 3.35. The number of hydrogen-bond donors (Lipinski definition) is 1. The third kappa shape index (κ3) is 3.24. The van der Waals surface area contributed by atoms with E-state index in [2.05, 4.69) is 55.3 Å². The quantitative estimate of drug-likeness (QED) is 0.717. The van der Waals surface area contributed by atoms with E-state index in [1.807, 2.05) is 6.92 Å². The molecule has 0 saturated carbocycles. The molecule has 0 bridgehead atoms. The lowest BCUT2D eigenvalue weighted by atomic mass is 10.1. The van der Waals surface area contributed by atoms with Crippen LogP contribution < -0.4 is 5.32 Å². The number of hydrogen-bond acceptors (Lipinski definition) is 1. The predicted octanol–water partition coefficient (Wildman–Crippen LogP) is 2.67. The van der Waals surface area contributed by atoms with Crippen molar-refractivity contribution in [2.75, 3.05) is 6.54 Å². The summed E-state index contributed by atoms with van der Waals surface area (Å²) in [5, 5.41) is 3.35. The van der Waals surface area contributed by atoms with Gasteiger partial charge < -0.3 is 0 Å². The molecule has 14 heavy (non-hydrogen) atoms. The normalized spacial score (nSPS) is 11.6. The maximum absolute atomic E-state index is 3.35. The summed E-state index contributed by atoms with van der Waals surface area (Å²) in [6.07, 6.45) is 0. The highest BCUT2D eigenvalue weighted by atomic mass is 14.9. The fourth-order valence-electron chi connectivity index (χ4n) is 1.27. The van der Waals surface area contributed by atoms with E-state index >= 15 is 0 Å². The first-order valence-corrected chi connectivity index (χ1v) is 4.93. The molecule has 0 aliphatic rings. The zero-order chi connectivity index (χ0) is 10.4. The summed E-state index contributed by atoms with van der Waals surface area (Å²) in [5.74, 6) is 5.87. The van der Waals surface area contributed by atoms with Crippen LogP contribution in [0.1, 0.15) is 31.0 Å². The second kappa shape index (κ2) is 5.47. The van der Waals surface area contributed by atoms with E-state index in [1.165, 1.54) is 11.1 Å². The molecular weight excluding hydrogens is 170 g/mol. The molecule has 1 aromatic carbocycles. The summed E-state index contributed by atoms with van der Waals surface area (Å²) in [6, 6.07) is 8.97. The van der Waals surface area contributed by atoms with Crippen LogP contribution in [0.15, 0.2) is 24.3 Å². The van der Waals surface area contributed by atoms with E-state index in [4.69, 9.17) is 0 Å². The predicted molar refractivity (Wildman–Crippen MR) is 61.0 cm³/mol. The molecule has 1 nitrogen and oxygen atoms in total. The lowest BCUT2D eigenvalue weighted by Crippen LogP contribution is -2.18. The molecule has 1 N–H and O–H groups in total. The first-order chi connectivity index (χ1) is 6.74. The Morgan fingerprint density at radius 1 is 1.29 bits per heavy atom. The van der Waals surface area contributed by atoms with Gasteiger partial charge in [-0.2, -0.15) is 0 Å². The SMILES string of the molecule is CC#CCN[C@@H](C)c1ccc(C)cc1. The van der Waals surface area contributed by atoms with Crippen molar-refractivity contribution in [1.29, 1.82) is 0 Å². The Bertz CT molecular complexity index is 326. The first-order valence-electron chi connectivity index (χ1n) is 4.93. The molecule has 74 valence electrons. The van der Waals surface area contributed by atoms with Crippen LogP contribution >= 0.6 is 0 Å². The van der Waals surface area contributed by atoms with Crippen molar-refractivity contribution in [2.45, 2.75) is 26.8 Å². The summed E-state index contributed by atoms with van der Waals surface area (Å²) in [7, 11) is 0. The first kappa shape index (κ1) is 10.8. The van der Waals surface area contributed by atoms with Crippen molar-refractivity contribution in [3.63, 3.8) is 0 Å². The van der Waals surface area contributed by atoms with Crippen LogP contribution in [0.5, 0.6) is 0 Å². The average Bonchev–Trinajstić information content (AvgIpc) is 2.19. The van der Waals surface area contributed by atoms with E-state index in [0.717, 1.165) is 6.54 Å². The molecule has 0 aliphatic heterocycles. The molecular formula is C13H17N. The van der Waals surface area contributed by atoms with E-state index in [1.54, 1.807) is 0 Å². The Morgan fingerprint density at radius 3 is 2.50 bits per heavy atom. The number of rotatable bonds is 3. The Morgan fingerprint density at radius 2 is 1.93 bits per heavy atom. The second-order valence-corrected chi connectivity index (χ2v) is 3.44. The third-order valence-corrected chi connectivity index (χ3v) is 2.25. The molecule has 0 fully saturated rings. The summed E-state index contributed by atoms with van der Waals surface area (Å²) in [6.45, 7) is 6.87. The smallest absolute Gasteiger partial charge is 0.0581 e. The summed E-state index contributed by atoms with van der Waals surface area (Å²) >= 11 is 0. The van der Waals surface area contributed by atoms with Gasteiger partial charge in [-0.25, -0.2) is 0 Å². The van der Waals surface area contributed by atoms with Crippen LogP contribution in [0.25, 0.3) is 0 Å². The second-order valence-electron chi connectivity index (χ2n) is 3.44. The highest BCUT2D eigenvalue weighted by Gasteiger charge is 2.01. The standard InChI is InChI=1S/C13H17N/c1-4-5-10-14-12(3)13-8-6-11(2)7-9-13/h6-9,12,14H,10H2,1-3H3/t12-/m0/s1. The van der Waals surface area contributed by atoms with E-state index < -0.39 is 0 Å². The Hall–Kier alpha value is -1.26. The van der Waals surface area contributed by atoms with E-state index in [0.29, 0.717) is 6.04 Å². The van der Waals surface area contributed by atoms with Crippen molar-refractivity contribution in [2.24, 2.45) is 0 Å². The number of aryl methyl sites for hydroxylation is 1. The fourth-order valence-corrected chi connectivity index (χ4v) is 1.27. The van der Waals surface area contributed by atoms with Gasteiger partial charge in [0.2, 0.25) is 0 Å². The Labute approximate surface area is 86.5 Å². The number of nitrogens with one attached hydrogen (secondary N) is 1. The van der Waals surface area contributed by atoms with Gasteiger partial charge in [-0.1, -0.05) is 35.7 Å². The van der Waals surface area contributed by atoms with Gasteiger partial charge >= 0.3 is 0 Å². The molecule has 0 spiro atoms. The topological polar surface area (TPSA) is 12.0 Å². The molecule has 0 unspecified atom stereocenters. The van der Waals surface area contributed by atoms with Crippen LogP contribution in [0, 0.1) is 18.8 Å². The van der Waals surface area contributed by atoms with E-state index in [-0.39, 0.29) is 0 Å². The van der Waals surface area contributed by atoms with Crippen molar-refractivity contribution in [3.05, 3.63) is 35.4 Å². The van der Waals surface area contributed by atoms with Crippen LogP contribution in [-0.2, 0) is 0 Å². The Balaban J connectivity index is 2.54. The van der Waals surface area contributed by atoms with Crippen LogP contribution in [0.4, 0.5) is 0 Å². The fraction of sp³-hybridized carbons (Fsp3) is 0.385. The van der Waals surface area contributed by atoms with Crippen LogP contribution in [0.2, 0.25) is 0 Å². The lowest BCUT2D eigenvalue weighted by Gasteiger charge is -2.12. The maximum Gasteiger partial charge on any atom is 0.0581 e. The zero-order valence-electron chi connectivity index (χ0n) is 9.09. The highest BCUT2D eigenvalue weighted by Crippen LogP contribution is 2.12. The molecule has 0 aliphatic carbocycles. The van der Waals surface area contributed by atoms with Crippen LogP contribution in [0.3, 0.4) is 0 Å². The minimum absolute atomic E-state index is 0.372. The largest absolute Gasteiger partial charge is 0.300 e. The number of benzene rings is 1. The van der Waals surface area contributed by atoms with Gasteiger partial charge in [0.15, 0.2) is 0 Å². The third-order valence-electron chi connectivity index (χ3n) is 2.25. The van der Waals surface area contributed by atoms with Gasteiger partial charge in [-0.3, -0.25) is 5.32 Å². The average molecular weight is 187 g/mol. The van der Waals surface area contributed by atoms with Crippen LogP contribution in [-0.4, -0.2) is 6.54 Å². The molecule has 0 saturated heterocycles. The summed E-state index contributed by atoms with van der Waals surface area (Å²) in [4.78, 5) is 0. The molecule has 0 amide bonds. The monoisotopic (exact) mass is 187 g/mol. The minimum Gasteiger partial charge on any atom is -0.300 e. The van der Waals surface area contributed by atoms with Crippen molar-refractivity contribution in [1.82, 2.24) is 5.32 Å². The molecule has 0 heterocycles. The van der Waals surface area contributed by atoms with Gasteiger partial charge in [0, 0.05) is 6.04 Å². The summed E-state index contributed by atoms with van der Waals surface area (Å²) in [5.41, 5.74) is 2.61. The summed E-state index contributed by atoms with van der Waals surface area (Å²) < 4.78 is 0. The Kier molecular flexibility index (Phi) is 4.22.